The maximum atomic E-state index is 13.2. The van der Waals surface area contributed by atoms with Crippen molar-refractivity contribution in [2.75, 3.05) is 6.54 Å². The Bertz CT molecular complexity index is 496. The van der Waals surface area contributed by atoms with Crippen LogP contribution in [0.2, 0.25) is 0 Å². The molecule has 2 rings (SSSR count). The van der Waals surface area contributed by atoms with Gasteiger partial charge in [-0.05, 0) is 55.0 Å². The molecular formula is C17H20FN. The molecule has 0 heterocycles. The quantitative estimate of drug-likeness (QED) is 0.834. The Morgan fingerprint density at radius 2 is 1.79 bits per heavy atom. The Morgan fingerprint density at radius 1 is 1.00 bits per heavy atom. The summed E-state index contributed by atoms with van der Waals surface area (Å²) in [4.78, 5) is 0. The molecule has 1 nitrogen and oxygen atoms in total. The third kappa shape index (κ3) is 4.18. The molecule has 0 spiro atoms. The zero-order valence-electron chi connectivity index (χ0n) is 11.1. The van der Waals surface area contributed by atoms with Crippen molar-refractivity contribution in [3.05, 3.63) is 71.5 Å². The largest absolute Gasteiger partial charge is 0.330 e. The Morgan fingerprint density at radius 3 is 2.47 bits per heavy atom. The molecule has 100 valence electrons. The highest BCUT2D eigenvalue weighted by atomic mass is 19.1. The molecule has 1 atom stereocenters. The summed E-state index contributed by atoms with van der Waals surface area (Å²) in [5.41, 5.74) is 8.17. The van der Waals surface area contributed by atoms with E-state index >= 15 is 0 Å². The lowest BCUT2D eigenvalue weighted by atomic mass is 9.92. The van der Waals surface area contributed by atoms with Gasteiger partial charge < -0.3 is 5.73 Å². The summed E-state index contributed by atoms with van der Waals surface area (Å²) in [6.07, 6.45) is 3.11. The van der Waals surface area contributed by atoms with Crippen molar-refractivity contribution in [1.82, 2.24) is 0 Å². The van der Waals surface area contributed by atoms with Gasteiger partial charge in [-0.15, -0.1) is 0 Å². The Balaban J connectivity index is 1.89. The van der Waals surface area contributed by atoms with E-state index in [0.717, 1.165) is 24.8 Å². The monoisotopic (exact) mass is 257 g/mol. The van der Waals surface area contributed by atoms with E-state index in [1.54, 1.807) is 12.1 Å². The number of halogens is 1. The van der Waals surface area contributed by atoms with E-state index in [9.17, 15) is 4.39 Å². The first kappa shape index (κ1) is 13.8. The lowest BCUT2D eigenvalue weighted by Crippen LogP contribution is -2.13. The highest BCUT2D eigenvalue weighted by Gasteiger charge is 2.10. The molecule has 0 aliphatic heterocycles. The second-order valence-electron chi connectivity index (χ2n) is 4.87. The zero-order chi connectivity index (χ0) is 13.5. The van der Waals surface area contributed by atoms with Crippen LogP contribution in [0.25, 0.3) is 0 Å². The molecule has 2 aromatic rings. The van der Waals surface area contributed by atoms with Crippen LogP contribution in [-0.2, 0) is 6.42 Å². The molecule has 1 unspecified atom stereocenters. The fraction of sp³-hybridized carbons (Fsp3) is 0.294. The van der Waals surface area contributed by atoms with Crippen LogP contribution in [0, 0.1) is 5.82 Å². The van der Waals surface area contributed by atoms with Gasteiger partial charge in [0.25, 0.3) is 0 Å². The SMILES string of the molecule is NCC(CCCc1ccccc1)c1cccc(F)c1. The Hall–Kier alpha value is -1.67. The van der Waals surface area contributed by atoms with E-state index in [-0.39, 0.29) is 11.7 Å². The number of nitrogens with two attached hydrogens (primary N) is 1. The van der Waals surface area contributed by atoms with E-state index in [2.05, 4.69) is 24.3 Å². The van der Waals surface area contributed by atoms with Gasteiger partial charge in [-0.2, -0.15) is 0 Å². The smallest absolute Gasteiger partial charge is 0.123 e. The average molecular weight is 257 g/mol. The number of benzene rings is 2. The summed E-state index contributed by atoms with van der Waals surface area (Å²) in [5.74, 6) is 0.0680. The summed E-state index contributed by atoms with van der Waals surface area (Å²) in [7, 11) is 0. The third-order valence-corrected chi connectivity index (χ3v) is 3.47. The molecule has 0 radical (unpaired) electrons. The van der Waals surface area contributed by atoms with Crippen LogP contribution >= 0.6 is 0 Å². The predicted molar refractivity (Wildman–Crippen MR) is 77.6 cm³/mol. The van der Waals surface area contributed by atoms with Gasteiger partial charge in [0, 0.05) is 0 Å². The first-order chi connectivity index (χ1) is 9.29. The molecule has 0 aliphatic carbocycles. The number of rotatable bonds is 6. The molecular weight excluding hydrogens is 237 g/mol. The van der Waals surface area contributed by atoms with Crippen molar-refractivity contribution >= 4 is 0 Å². The van der Waals surface area contributed by atoms with Crippen LogP contribution in [0.5, 0.6) is 0 Å². The highest BCUT2D eigenvalue weighted by molar-refractivity contribution is 5.21. The van der Waals surface area contributed by atoms with E-state index in [0.29, 0.717) is 6.54 Å². The summed E-state index contributed by atoms with van der Waals surface area (Å²) in [6, 6.07) is 17.2. The molecule has 0 aromatic heterocycles. The van der Waals surface area contributed by atoms with Crippen LogP contribution in [0.4, 0.5) is 4.39 Å². The number of hydrogen-bond acceptors (Lipinski definition) is 1. The molecule has 0 saturated heterocycles. The van der Waals surface area contributed by atoms with Gasteiger partial charge in [0.1, 0.15) is 5.82 Å². The fourth-order valence-electron chi connectivity index (χ4n) is 2.38. The Kier molecular flexibility index (Phi) is 5.10. The first-order valence-electron chi connectivity index (χ1n) is 6.79. The van der Waals surface area contributed by atoms with Gasteiger partial charge in [-0.1, -0.05) is 42.5 Å². The molecule has 19 heavy (non-hydrogen) atoms. The van der Waals surface area contributed by atoms with Crippen molar-refractivity contribution in [1.29, 1.82) is 0 Å². The lowest BCUT2D eigenvalue weighted by Gasteiger charge is -2.15. The summed E-state index contributed by atoms with van der Waals surface area (Å²) in [6.45, 7) is 0.568. The molecule has 0 bridgehead atoms. The summed E-state index contributed by atoms with van der Waals surface area (Å²) in [5, 5.41) is 0. The van der Waals surface area contributed by atoms with Gasteiger partial charge in [-0.25, -0.2) is 4.39 Å². The van der Waals surface area contributed by atoms with Crippen molar-refractivity contribution in [3.63, 3.8) is 0 Å². The zero-order valence-corrected chi connectivity index (χ0v) is 11.1. The molecule has 2 N–H and O–H groups in total. The molecule has 0 amide bonds. The van der Waals surface area contributed by atoms with Crippen LogP contribution in [0.3, 0.4) is 0 Å². The molecule has 0 saturated carbocycles. The molecule has 2 aromatic carbocycles. The lowest BCUT2D eigenvalue weighted by molar-refractivity contribution is 0.585. The normalized spacial score (nSPS) is 12.3. The Labute approximate surface area is 114 Å². The number of aryl methyl sites for hydroxylation is 1. The maximum absolute atomic E-state index is 13.2. The summed E-state index contributed by atoms with van der Waals surface area (Å²) >= 11 is 0. The van der Waals surface area contributed by atoms with Crippen LogP contribution in [0.1, 0.15) is 29.9 Å². The second kappa shape index (κ2) is 7.05. The fourth-order valence-corrected chi connectivity index (χ4v) is 2.38. The predicted octanol–water partition coefficient (Wildman–Crippen LogP) is 3.89. The third-order valence-electron chi connectivity index (χ3n) is 3.47. The van der Waals surface area contributed by atoms with Crippen molar-refractivity contribution in [3.8, 4) is 0 Å². The standard InChI is InChI=1S/C17H20FN/c18-17-11-5-9-15(12-17)16(13-19)10-4-8-14-6-2-1-3-7-14/h1-3,5-7,9,11-12,16H,4,8,10,13,19H2. The molecule has 0 fully saturated rings. The topological polar surface area (TPSA) is 26.0 Å². The minimum absolute atomic E-state index is 0.181. The minimum Gasteiger partial charge on any atom is -0.330 e. The van der Waals surface area contributed by atoms with Crippen LogP contribution in [0.15, 0.2) is 54.6 Å². The van der Waals surface area contributed by atoms with Crippen LogP contribution < -0.4 is 5.73 Å². The summed E-state index contributed by atoms with van der Waals surface area (Å²) < 4.78 is 13.2. The van der Waals surface area contributed by atoms with Gasteiger partial charge in [0.15, 0.2) is 0 Å². The van der Waals surface area contributed by atoms with Gasteiger partial charge in [-0.3, -0.25) is 0 Å². The molecule has 2 heteroatoms. The number of hydrogen-bond donors (Lipinski definition) is 1. The second-order valence-corrected chi connectivity index (χ2v) is 4.87. The maximum Gasteiger partial charge on any atom is 0.123 e. The first-order valence-corrected chi connectivity index (χ1v) is 6.79. The van der Waals surface area contributed by atoms with Crippen molar-refractivity contribution in [2.24, 2.45) is 5.73 Å². The molecule has 0 aliphatic rings. The van der Waals surface area contributed by atoms with E-state index in [1.165, 1.54) is 11.6 Å². The minimum atomic E-state index is -0.181. The van der Waals surface area contributed by atoms with E-state index in [1.807, 2.05) is 12.1 Å². The van der Waals surface area contributed by atoms with Gasteiger partial charge >= 0.3 is 0 Å². The average Bonchev–Trinajstić information content (AvgIpc) is 2.45. The van der Waals surface area contributed by atoms with Crippen molar-refractivity contribution in [2.45, 2.75) is 25.2 Å². The highest BCUT2D eigenvalue weighted by Crippen LogP contribution is 2.22. The van der Waals surface area contributed by atoms with Crippen LogP contribution in [-0.4, -0.2) is 6.54 Å². The van der Waals surface area contributed by atoms with Crippen molar-refractivity contribution < 1.29 is 4.39 Å². The van der Waals surface area contributed by atoms with Gasteiger partial charge in [0.2, 0.25) is 0 Å². The van der Waals surface area contributed by atoms with E-state index in [4.69, 9.17) is 5.73 Å². The van der Waals surface area contributed by atoms with E-state index < -0.39 is 0 Å². The van der Waals surface area contributed by atoms with Gasteiger partial charge in [0.05, 0.1) is 0 Å².